The number of nitrogens with zero attached hydrogens (tertiary/aromatic N) is 1. The number of aliphatic imine (C=N–C) groups is 1. The lowest BCUT2D eigenvalue weighted by molar-refractivity contribution is -0.306. The van der Waals surface area contributed by atoms with Gasteiger partial charge in [0.2, 0.25) is 17.8 Å². The fourth-order valence-corrected chi connectivity index (χ4v) is 4.56. The first-order valence-corrected chi connectivity index (χ1v) is 16.9. The zero-order valence-electron chi connectivity index (χ0n) is 32.3. The number of ether oxygens (including phenoxy) is 8. The molecule has 5 N–H and O–H groups in total. The number of nitrogens with two attached hydrogens (primary N) is 1. The normalized spacial score (nSPS) is 20.1. The van der Waals surface area contributed by atoms with Crippen LogP contribution in [0.2, 0.25) is 0 Å². The van der Waals surface area contributed by atoms with E-state index in [1.807, 2.05) is 0 Å². The van der Waals surface area contributed by atoms with Gasteiger partial charge in [0.05, 0.1) is 0 Å². The summed E-state index contributed by atoms with van der Waals surface area (Å²) in [5.74, 6) is -5.24. The molecule has 0 radical (unpaired) electrons. The SMILES string of the molecule is CC(=O)OC[C@@H]1O[C@@H](OCC(=O)N[C@@H](CCCCN=C(NC(=O)OC(C)(C)C)NC(=O)OC(C)(C)C)C(N)=O)[C@H](OC(C)=O)[C@H](OC(C)=O)[C@H]1OC(C)=O. The summed E-state index contributed by atoms with van der Waals surface area (Å²) >= 11 is 0. The summed E-state index contributed by atoms with van der Waals surface area (Å²) in [6, 6.07) is -1.18. The smallest absolute Gasteiger partial charge is 0.414 e. The molecular formula is C33H53N5O16. The number of alkyl carbamates (subject to hydrolysis) is 2. The number of carbonyl (C=O) groups is 8. The third-order valence-corrected chi connectivity index (χ3v) is 6.42. The number of hydrogen-bond acceptors (Lipinski definition) is 17. The van der Waals surface area contributed by atoms with Crippen LogP contribution in [0.3, 0.4) is 0 Å². The highest BCUT2D eigenvalue weighted by atomic mass is 16.7. The molecular weight excluding hydrogens is 722 g/mol. The van der Waals surface area contributed by atoms with Gasteiger partial charge in [-0.15, -0.1) is 0 Å². The molecule has 54 heavy (non-hydrogen) atoms. The molecule has 1 saturated heterocycles. The van der Waals surface area contributed by atoms with Gasteiger partial charge in [-0.2, -0.15) is 0 Å². The summed E-state index contributed by atoms with van der Waals surface area (Å²) in [4.78, 5) is 101. The number of primary amides is 1. The molecule has 0 aromatic carbocycles. The molecule has 0 aromatic rings. The Hall–Kier alpha value is -5.05. The third-order valence-electron chi connectivity index (χ3n) is 6.42. The van der Waals surface area contributed by atoms with Crippen molar-refractivity contribution in [2.45, 2.75) is 136 Å². The average molecular weight is 776 g/mol. The zero-order chi connectivity index (χ0) is 41.4. The Bertz CT molecular complexity index is 1360. The van der Waals surface area contributed by atoms with E-state index >= 15 is 0 Å². The maximum Gasteiger partial charge on any atom is 0.414 e. The van der Waals surface area contributed by atoms with Crippen LogP contribution in [-0.4, -0.2) is 122 Å². The largest absolute Gasteiger partial charge is 0.463 e. The molecule has 0 unspecified atom stereocenters. The Morgan fingerprint density at radius 3 is 1.69 bits per heavy atom. The fourth-order valence-electron chi connectivity index (χ4n) is 4.56. The van der Waals surface area contributed by atoms with Crippen molar-refractivity contribution in [1.29, 1.82) is 0 Å². The van der Waals surface area contributed by atoms with Crippen LogP contribution < -0.4 is 21.7 Å². The van der Waals surface area contributed by atoms with Crippen molar-refractivity contribution in [2.24, 2.45) is 10.7 Å². The number of amides is 4. The van der Waals surface area contributed by atoms with Crippen molar-refractivity contribution in [3.05, 3.63) is 0 Å². The quantitative estimate of drug-likeness (QED) is 0.0583. The number of rotatable bonds is 15. The maximum absolute atomic E-state index is 12.9. The first kappa shape index (κ1) is 47.0. The van der Waals surface area contributed by atoms with Gasteiger partial charge in [0, 0.05) is 34.2 Å². The lowest BCUT2D eigenvalue weighted by Crippen LogP contribution is -2.63. The topological polar surface area (TPSA) is 285 Å². The summed E-state index contributed by atoms with van der Waals surface area (Å²) < 4.78 is 42.7. The Kier molecular flexibility index (Phi) is 18.8. The molecule has 1 aliphatic heterocycles. The van der Waals surface area contributed by atoms with Crippen molar-refractivity contribution in [3.63, 3.8) is 0 Å². The molecule has 0 bridgehead atoms. The zero-order valence-corrected chi connectivity index (χ0v) is 32.3. The summed E-state index contributed by atoms with van der Waals surface area (Å²) in [7, 11) is 0. The maximum atomic E-state index is 12.9. The molecule has 0 aromatic heterocycles. The Morgan fingerprint density at radius 1 is 0.722 bits per heavy atom. The Morgan fingerprint density at radius 2 is 1.22 bits per heavy atom. The molecule has 1 heterocycles. The van der Waals surface area contributed by atoms with Gasteiger partial charge in [-0.1, -0.05) is 0 Å². The van der Waals surface area contributed by atoms with E-state index in [1.54, 1.807) is 41.5 Å². The van der Waals surface area contributed by atoms with E-state index in [1.165, 1.54) is 0 Å². The molecule has 1 rings (SSSR count). The minimum atomic E-state index is -1.63. The number of carbonyl (C=O) groups excluding carboxylic acids is 8. The van der Waals surface area contributed by atoms with E-state index in [9.17, 15) is 38.4 Å². The fraction of sp³-hybridized carbons (Fsp3) is 0.727. The first-order chi connectivity index (χ1) is 24.9. The molecule has 21 heteroatoms. The lowest BCUT2D eigenvalue weighted by atomic mass is 9.98. The monoisotopic (exact) mass is 775 g/mol. The standard InChI is InChI=1S/C33H53N5O16/c1-17(39)47-15-22-24(49-18(2)40)25(50-19(3)41)26(51-20(4)42)28(52-22)48-16-23(43)36-21(27(34)44)13-11-12-14-35-29(37-30(45)53-32(5,6)7)38-31(46)54-33(8,9)10/h21-22,24-26,28H,11-16H2,1-10H3,(H2,34,44)(H,36,43)(H2,35,37,38,45,46)/t21-,22-,24-,25+,26+,28+/m0/s1. The highest BCUT2D eigenvalue weighted by molar-refractivity contribution is 6.01. The number of esters is 4. The summed E-state index contributed by atoms with van der Waals surface area (Å²) in [6.45, 7) is 12.9. The van der Waals surface area contributed by atoms with E-state index < -0.39 is 109 Å². The third kappa shape index (κ3) is 19.7. The highest BCUT2D eigenvalue weighted by Gasteiger charge is 2.53. The second kappa shape index (κ2) is 21.6. The van der Waals surface area contributed by atoms with Gasteiger partial charge in [0.1, 0.15) is 36.6 Å². The van der Waals surface area contributed by atoms with Crippen molar-refractivity contribution in [1.82, 2.24) is 16.0 Å². The molecule has 0 aliphatic carbocycles. The predicted octanol–water partition coefficient (Wildman–Crippen LogP) is 0.632. The van der Waals surface area contributed by atoms with Crippen LogP contribution >= 0.6 is 0 Å². The summed E-state index contributed by atoms with van der Waals surface area (Å²) in [5, 5.41) is 7.13. The van der Waals surface area contributed by atoms with Gasteiger partial charge in [-0.05, 0) is 60.8 Å². The number of nitrogens with one attached hydrogen (secondary N) is 3. The number of hydrogen-bond donors (Lipinski definition) is 4. The van der Waals surface area contributed by atoms with Crippen LogP contribution in [0.1, 0.15) is 88.5 Å². The molecule has 0 saturated carbocycles. The van der Waals surface area contributed by atoms with E-state index in [4.69, 9.17) is 43.6 Å². The molecule has 6 atom stereocenters. The van der Waals surface area contributed by atoms with Crippen molar-refractivity contribution >= 4 is 53.8 Å². The van der Waals surface area contributed by atoms with Crippen molar-refractivity contribution in [2.75, 3.05) is 19.8 Å². The molecule has 1 aliphatic rings. The minimum absolute atomic E-state index is 0.0456. The van der Waals surface area contributed by atoms with Crippen LogP contribution in [0, 0.1) is 0 Å². The van der Waals surface area contributed by atoms with Crippen LogP contribution in [0.4, 0.5) is 9.59 Å². The Balaban J connectivity index is 3.01. The molecule has 21 nitrogen and oxygen atoms in total. The van der Waals surface area contributed by atoms with Crippen LogP contribution in [0.5, 0.6) is 0 Å². The second-order valence-corrected chi connectivity index (χ2v) is 13.9. The van der Waals surface area contributed by atoms with E-state index in [0.29, 0.717) is 6.42 Å². The molecule has 306 valence electrons. The number of guanidine groups is 1. The predicted molar refractivity (Wildman–Crippen MR) is 184 cm³/mol. The van der Waals surface area contributed by atoms with Crippen molar-refractivity contribution in [3.8, 4) is 0 Å². The summed E-state index contributed by atoms with van der Waals surface area (Å²) in [6.07, 6.45) is -8.56. The van der Waals surface area contributed by atoms with Crippen LogP contribution in [0.15, 0.2) is 4.99 Å². The molecule has 1 fully saturated rings. The van der Waals surface area contributed by atoms with Gasteiger partial charge in [0.25, 0.3) is 0 Å². The number of unbranched alkanes of at least 4 members (excludes halogenated alkanes) is 1. The Labute approximate surface area is 312 Å². The van der Waals surface area contributed by atoms with Crippen LogP contribution in [-0.2, 0) is 66.7 Å². The van der Waals surface area contributed by atoms with Gasteiger partial charge < -0.3 is 48.9 Å². The van der Waals surface area contributed by atoms with Gasteiger partial charge in [0.15, 0.2) is 24.6 Å². The molecule has 0 spiro atoms. The van der Waals surface area contributed by atoms with Gasteiger partial charge >= 0.3 is 36.1 Å². The van der Waals surface area contributed by atoms with Crippen LogP contribution in [0.25, 0.3) is 0 Å². The first-order valence-electron chi connectivity index (χ1n) is 16.9. The van der Waals surface area contributed by atoms with Gasteiger partial charge in [-0.25, -0.2) is 9.59 Å². The van der Waals surface area contributed by atoms with Crippen molar-refractivity contribution < 1.29 is 76.3 Å². The second-order valence-electron chi connectivity index (χ2n) is 13.9. The average Bonchev–Trinajstić information content (AvgIpc) is 2.97. The molecule has 4 amide bonds. The summed E-state index contributed by atoms with van der Waals surface area (Å²) in [5.41, 5.74) is 3.85. The van der Waals surface area contributed by atoms with Gasteiger partial charge in [-0.3, -0.25) is 44.4 Å². The van der Waals surface area contributed by atoms with E-state index in [2.05, 4.69) is 20.9 Å². The van der Waals surface area contributed by atoms with E-state index in [-0.39, 0.29) is 25.3 Å². The lowest BCUT2D eigenvalue weighted by Gasteiger charge is -2.43. The highest BCUT2D eigenvalue weighted by Crippen LogP contribution is 2.30. The van der Waals surface area contributed by atoms with E-state index in [0.717, 1.165) is 27.7 Å². The minimum Gasteiger partial charge on any atom is -0.463 e.